The van der Waals surface area contributed by atoms with Gasteiger partial charge < -0.3 is 10.8 Å². The summed E-state index contributed by atoms with van der Waals surface area (Å²) < 4.78 is 0. The Morgan fingerprint density at radius 2 is 1.94 bits per heavy atom. The molecule has 0 spiro atoms. The highest BCUT2D eigenvalue weighted by Gasteiger charge is 2.19. The molecular weight excluding hydrogens is 214 g/mol. The van der Waals surface area contributed by atoms with Crippen LogP contribution >= 0.6 is 0 Å². The number of carbonyl (C=O) groups is 1. The molecule has 0 radical (unpaired) electrons. The molecule has 0 saturated heterocycles. The second kappa shape index (κ2) is 7.70. The summed E-state index contributed by atoms with van der Waals surface area (Å²) in [6, 6.07) is 0. The molecule has 0 bridgehead atoms. The van der Waals surface area contributed by atoms with E-state index >= 15 is 0 Å². The summed E-state index contributed by atoms with van der Waals surface area (Å²) in [6.45, 7) is 2.52. The highest BCUT2D eigenvalue weighted by molar-refractivity contribution is 5.70. The van der Waals surface area contributed by atoms with Gasteiger partial charge in [-0.15, -0.1) is 0 Å². The van der Waals surface area contributed by atoms with Crippen LogP contribution in [0.5, 0.6) is 0 Å². The third-order valence-electron chi connectivity index (χ3n) is 4.10. The molecule has 3 heteroatoms. The van der Waals surface area contributed by atoms with Crippen LogP contribution in [0.1, 0.15) is 58.3 Å². The number of aliphatic carboxylic acids is 1. The molecule has 0 aromatic heterocycles. The van der Waals surface area contributed by atoms with Gasteiger partial charge in [0.25, 0.3) is 0 Å². The third kappa shape index (κ3) is 5.53. The fraction of sp³-hybridized carbons (Fsp3) is 0.929. The Labute approximate surface area is 105 Å². The van der Waals surface area contributed by atoms with E-state index in [4.69, 9.17) is 10.8 Å². The van der Waals surface area contributed by atoms with Crippen LogP contribution in [0, 0.1) is 17.8 Å². The number of carboxylic acids is 1. The molecule has 1 rings (SSSR count). The minimum absolute atomic E-state index is 0.269. The van der Waals surface area contributed by atoms with E-state index in [9.17, 15) is 4.79 Å². The monoisotopic (exact) mass is 241 g/mol. The quantitative estimate of drug-likeness (QED) is 0.720. The van der Waals surface area contributed by atoms with Crippen molar-refractivity contribution in [2.45, 2.75) is 58.3 Å². The Balaban J connectivity index is 2.19. The zero-order valence-electron chi connectivity index (χ0n) is 11.0. The SMILES string of the molecule is C[C@H](CC[C@H](CN)C(=O)O)CC1CCCCC1. The van der Waals surface area contributed by atoms with Crippen molar-refractivity contribution in [1.82, 2.24) is 0 Å². The summed E-state index contributed by atoms with van der Waals surface area (Å²) >= 11 is 0. The highest BCUT2D eigenvalue weighted by atomic mass is 16.4. The van der Waals surface area contributed by atoms with Gasteiger partial charge >= 0.3 is 5.97 Å². The fourth-order valence-electron chi connectivity index (χ4n) is 2.94. The van der Waals surface area contributed by atoms with E-state index in [1.165, 1.54) is 38.5 Å². The van der Waals surface area contributed by atoms with Crippen LogP contribution in [-0.4, -0.2) is 17.6 Å². The molecule has 17 heavy (non-hydrogen) atoms. The average molecular weight is 241 g/mol. The Kier molecular flexibility index (Phi) is 6.56. The predicted molar refractivity (Wildman–Crippen MR) is 69.8 cm³/mol. The standard InChI is InChI=1S/C14H27NO2/c1-11(7-8-13(10-15)14(16)17)9-12-5-3-2-4-6-12/h11-13H,2-10,15H2,1H3,(H,16,17)/t11-,13-/m1/s1. The van der Waals surface area contributed by atoms with Crippen LogP contribution in [0.4, 0.5) is 0 Å². The lowest BCUT2D eigenvalue weighted by Gasteiger charge is -2.25. The molecule has 2 atom stereocenters. The number of hydrogen-bond donors (Lipinski definition) is 2. The molecule has 0 aromatic carbocycles. The fourth-order valence-corrected chi connectivity index (χ4v) is 2.94. The molecule has 1 aliphatic carbocycles. The first-order chi connectivity index (χ1) is 8.13. The summed E-state index contributed by atoms with van der Waals surface area (Å²) in [5, 5.41) is 8.93. The van der Waals surface area contributed by atoms with Crippen molar-refractivity contribution in [3.8, 4) is 0 Å². The number of carboxylic acid groups (broad SMARTS) is 1. The number of hydrogen-bond acceptors (Lipinski definition) is 2. The third-order valence-corrected chi connectivity index (χ3v) is 4.10. The van der Waals surface area contributed by atoms with Gasteiger partial charge in [0.2, 0.25) is 0 Å². The van der Waals surface area contributed by atoms with Crippen LogP contribution in [0.3, 0.4) is 0 Å². The van der Waals surface area contributed by atoms with E-state index in [2.05, 4.69) is 6.92 Å². The van der Waals surface area contributed by atoms with Crippen LogP contribution in [0.15, 0.2) is 0 Å². The first kappa shape index (κ1) is 14.5. The normalized spacial score (nSPS) is 21.1. The largest absolute Gasteiger partial charge is 0.481 e. The summed E-state index contributed by atoms with van der Waals surface area (Å²) in [4.78, 5) is 10.9. The van der Waals surface area contributed by atoms with Crippen molar-refractivity contribution >= 4 is 5.97 Å². The molecule has 1 fully saturated rings. The average Bonchev–Trinajstić information content (AvgIpc) is 2.30. The maximum atomic E-state index is 10.9. The van der Waals surface area contributed by atoms with Crippen molar-refractivity contribution in [3.63, 3.8) is 0 Å². The van der Waals surface area contributed by atoms with Crippen LogP contribution in [-0.2, 0) is 4.79 Å². The van der Waals surface area contributed by atoms with Gasteiger partial charge in [-0.1, -0.05) is 39.0 Å². The molecule has 1 aliphatic rings. The van der Waals surface area contributed by atoms with Crippen molar-refractivity contribution in [2.24, 2.45) is 23.5 Å². The van der Waals surface area contributed by atoms with Gasteiger partial charge in [-0.2, -0.15) is 0 Å². The lowest BCUT2D eigenvalue weighted by atomic mass is 9.81. The first-order valence-electron chi connectivity index (χ1n) is 7.06. The maximum Gasteiger partial charge on any atom is 0.307 e. The van der Waals surface area contributed by atoms with Crippen LogP contribution in [0.25, 0.3) is 0 Å². The van der Waals surface area contributed by atoms with E-state index in [0.717, 1.165) is 18.8 Å². The summed E-state index contributed by atoms with van der Waals surface area (Å²) in [6.07, 6.45) is 9.95. The number of nitrogens with two attached hydrogens (primary N) is 1. The highest BCUT2D eigenvalue weighted by Crippen LogP contribution is 2.30. The molecule has 1 saturated carbocycles. The second-order valence-electron chi connectivity index (χ2n) is 5.69. The zero-order chi connectivity index (χ0) is 12.7. The summed E-state index contributed by atoms with van der Waals surface area (Å²) in [5.74, 6) is 0.451. The molecule has 3 N–H and O–H groups in total. The Morgan fingerprint density at radius 3 is 2.47 bits per heavy atom. The smallest absolute Gasteiger partial charge is 0.307 e. The minimum atomic E-state index is -0.739. The Morgan fingerprint density at radius 1 is 1.29 bits per heavy atom. The van der Waals surface area contributed by atoms with E-state index < -0.39 is 5.97 Å². The molecule has 100 valence electrons. The minimum Gasteiger partial charge on any atom is -0.481 e. The van der Waals surface area contributed by atoms with E-state index in [1.54, 1.807) is 0 Å². The molecular formula is C14H27NO2. The molecule has 0 amide bonds. The van der Waals surface area contributed by atoms with Gasteiger partial charge in [-0.25, -0.2) is 0 Å². The van der Waals surface area contributed by atoms with Crippen LogP contribution < -0.4 is 5.73 Å². The van der Waals surface area contributed by atoms with Crippen molar-refractivity contribution < 1.29 is 9.90 Å². The Hall–Kier alpha value is -0.570. The molecule has 0 aliphatic heterocycles. The summed E-state index contributed by atoms with van der Waals surface area (Å²) in [5.41, 5.74) is 5.46. The first-order valence-corrected chi connectivity index (χ1v) is 7.06. The van der Waals surface area contributed by atoms with Crippen molar-refractivity contribution in [1.29, 1.82) is 0 Å². The number of rotatable bonds is 7. The van der Waals surface area contributed by atoms with E-state index in [1.807, 2.05) is 0 Å². The van der Waals surface area contributed by atoms with Gasteiger partial charge in [0, 0.05) is 6.54 Å². The zero-order valence-corrected chi connectivity index (χ0v) is 11.0. The lowest BCUT2D eigenvalue weighted by molar-refractivity contribution is -0.141. The maximum absolute atomic E-state index is 10.9. The van der Waals surface area contributed by atoms with Gasteiger partial charge in [0.05, 0.1) is 5.92 Å². The molecule has 3 nitrogen and oxygen atoms in total. The van der Waals surface area contributed by atoms with Crippen molar-refractivity contribution in [2.75, 3.05) is 6.54 Å². The van der Waals surface area contributed by atoms with E-state index in [-0.39, 0.29) is 12.5 Å². The van der Waals surface area contributed by atoms with Gasteiger partial charge in [0.1, 0.15) is 0 Å². The van der Waals surface area contributed by atoms with Gasteiger partial charge in [-0.3, -0.25) is 4.79 Å². The Bertz CT molecular complexity index is 224. The van der Waals surface area contributed by atoms with Crippen molar-refractivity contribution in [3.05, 3.63) is 0 Å². The lowest BCUT2D eigenvalue weighted by Crippen LogP contribution is -2.24. The van der Waals surface area contributed by atoms with Gasteiger partial charge in [0.15, 0.2) is 0 Å². The van der Waals surface area contributed by atoms with Crippen LogP contribution in [0.2, 0.25) is 0 Å². The summed E-state index contributed by atoms with van der Waals surface area (Å²) in [7, 11) is 0. The van der Waals surface area contributed by atoms with Gasteiger partial charge in [-0.05, 0) is 31.1 Å². The topological polar surface area (TPSA) is 63.3 Å². The molecule has 0 heterocycles. The molecule has 0 aromatic rings. The second-order valence-corrected chi connectivity index (χ2v) is 5.69. The molecule has 0 unspecified atom stereocenters. The predicted octanol–water partition coefficient (Wildman–Crippen LogP) is 3.03. The van der Waals surface area contributed by atoms with E-state index in [0.29, 0.717) is 5.92 Å².